The van der Waals surface area contributed by atoms with E-state index in [2.05, 4.69) is 15.9 Å². The Morgan fingerprint density at radius 3 is 2.92 bits per heavy atom. The molecule has 13 heavy (non-hydrogen) atoms. The Hall–Kier alpha value is -0.900. The number of carbonyl (C=O) groups is 1. The lowest BCUT2D eigenvalue weighted by Gasteiger charge is -2.09. The Bertz CT molecular complexity index is 391. The maximum Gasteiger partial charge on any atom is 0.231 e. The van der Waals surface area contributed by atoms with Crippen molar-refractivity contribution in [1.82, 2.24) is 0 Å². The highest BCUT2D eigenvalue weighted by atomic mass is 79.9. The molecule has 0 atom stereocenters. The van der Waals surface area contributed by atoms with Gasteiger partial charge in [-0.1, -0.05) is 0 Å². The molecule has 2 rings (SSSR count). The van der Waals surface area contributed by atoms with Crippen molar-refractivity contribution >= 4 is 27.5 Å². The molecule has 4 heteroatoms. The van der Waals surface area contributed by atoms with Crippen molar-refractivity contribution in [3.8, 4) is 0 Å². The Kier molecular flexibility index (Phi) is 1.87. The molecule has 0 saturated heterocycles. The summed E-state index contributed by atoms with van der Waals surface area (Å²) in [4.78, 5) is 12.8. The van der Waals surface area contributed by atoms with Crippen LogP contribution in [-0.2, 0) is 11.2 Å². The Balaban J connectivity index is 2.59. The summed E-state index contributed by atoms with van der Waals surface area (Å²) in [5.74, 6) is -0.311. The predicted molar refractivity (Wildman–Crippen MR) is 51.2 cm³/mol. The van der Waals surface area contributed by atoms with Crippen molar-refractivity contribution in [2.75, 3.05) is 11.9 Å². The maximum atomic E-state index is 13.1. The highest BCUT2D eigenvalue weighted by Crippen LogP contribution is 2.32. The van der Waals surface area contributed by atoms with E-state index in [0.29, 0.717) is 10.9 Å². The predicted octanol–water partition coefficient (Wildman–Crippen LogP) is 2.11. The standard InChI is InChI=1S/C9H7BrFNO/c1-12-8-4-6(10)7(11)2-5(8)3-9(12)13/h2,4H,3H2,1H3. The van der Waals surface area contributed by atoms with Crippen molar-refractivity contribution in [2.24, 2.45) is 0 Å². The molecule has 0 spiro atoms. The second-order valence-corrected chi connectivity index (χ2v) is 3.88. The highest BCUT2D eigenvalue weighted by Gasteiger charge is 2.25. The van der Waals surface area contributed by atoms with E-state index in [0.717, 1.165) is 11.3 Å². The Labute approximate surface area is 83.5 Å². The van der Waals surface area contributed by atoms with Crippen LogP contribution in [0.2, 0.25) is 0 Å². The first kappa shape index (κ1) is 8.69. The van der Waals surface area contributed by atoms with Gasteiger partial charge in [0.05, 0.1) is 10.9 Å². The number of carbonyl (C=O) groups excluding carboxylic acids is 1. The number of halogens is 2. The lowest BCUT2D eigenvalue weighted by Crippen LogP contribution is -2.20. The van der Waals surface area contributed by atoms with Gasteiger partial charge in [-0.25, -0.2) is 4.39 Å². The van der Waals surface area contributed by atoms with Crippen molar-refractivity contribution in [1.29, 1.82) is 0 Å². The van der Waals surface area contributed by atoms with E-state index in [9.17, 15) is 9.18 Å². The SMILES string of the molecule is CN1C(=O)Cc2cc(F)c(Br)cc21. The molecule has 1 aromatic carbocycles. The van der Waals surface area contributed by atoms with Crippen LogP contribution >= 0.6 is 15.9 Å². The fraction of sp³-hybridized carbons (Fsp3) is 0.222. The molecule has 2 nitrogen and oxygen atoms in total. The number of anilines is 1. The molecule has 0 unspecified atom stereocenters. The number of hydrogen-bond acceptors (Lipinski definition) is 1. The zero-order valence-corrected chi connectivity index (χ0v) is 8.56. The molecule has 0 saturated carbocycles. The molecule has 0 N–H and O–H groups in total. The minimum Gasteiger partial charge on any atom is -0.315 e. The van der Waals surface area contributed by atoms with Crippen LogP contribution in [0.5, 0.6) is 0 Å². The Morgan fingerprint density at radius 1 is 1.54 bits per heavy atom. The molecule has 1 amide bonds. The van der Waals surface area contributed by atoms with Gasteiger partial charge in [-0.2, -0.15) is 0 Å². The number of hydrogen-bond donors (Lipinski definition) is 0. The van der Waals surface area contributed by atoms with Crippen molar-refractivity contribution in [3.63, 3.8) is 0 Å². The number of benzene rings is 1. The lowest BCUT2D eigenvalue weighted by atomic mass is 10.1. The third kappa shape index (κ3) is 1.25. The summed E-state index contributed by atoms with van der Waals surface area (Å²) in [6.45, 7) is 0. The largest absolute Gasteiger partial charge is 0.315 e. The topological polar surface area (TPSA) is 20.3 Å². The van der Waals surface area contributed by atoms with Crippen molar-refractivity contribution in [3.05, 3.63) is 28.0 Å². The van der Waals surface area contributed by atoms with Crippen molar-refractivity contribution in [2.45, 2.75) is 6.42 Å². The van der Waals surface area contributed by atoms with E-state index in [1.165, 1.54) is 6.07 Å². The normalized spacial score (nSPS) is 15.0. The average molecular weight is 244 g/mol. The number of likely N-dealkylation sites (N-methyl/N-ethyl adjacent to an activating group) is 1. The van der Waals surface area contributed by atoms with Crippen molar-refractivity contribution < 1.29 is 9.18 Å². The summed E-state index contributed by atoms with van der Waals surface area (Å²) >= 11 is 3.08. The molecule has 0 bridgehead atoms. The average Bonchev–Trinajstić information content (AvgIpc) is 2.32. The van der Waals surface area contributed by atoms with Crippen LogP contribution in [0.4, 0.5) is 10.1 Å². The first-order chi connectivity index (χ1) is 6.09. The molecule has 68 valence electrons. The summed E-state index contributed by atoms with van der Waals surface area (Å²) < 4.78 is 13.4. The fourth-order valence-corrected chi connectivity index (χ4v) is 1.78. The molecule has 0 aliphatic carbocycles. The minimum absolute atomic E-state index is 0.00694. The zero-order valence-electron chi connectivity index (χ0n) is 6.97. The van der Waals surface area contributed by atoms with Crippen LogP contribution in [-0.4, -0.2) is 13.0 Å². The molecule has 1 aliphatic rings. The second kappa shape index (κ2) is 2.80. The van der Waals surface area contributed by atoms with E-state index in [-0.39, 0.29) is 11.7 Å². The van der Waals surface area contributed by atoms with Crippen LogP contribution in [0.1, 0.15) is 5.56 Å². The van der Waals surface area contributed by atoms with E-state index >= 15 is 0 Å². The molecule has 1 heterocycles. The van der Waals surface area contributed by atoms with Gasteiger partial charge in [-0.3, -0.25) is 4.79 Å². The zero-order chi connectivity index (χ0) is 9.59. The van der Waals surface area contributed by atoms with Gasteiger partial charge in [-0.15, -0.1) is 0 Å². The van der Waals surface area contributed by atoms with E-state index in [4.69, 9.17) is 0 Å². The quantitative estimate of drug-likeness (QED) is 0.684. The van der Waals surface area contributed by atoms with E-state index < -0.39 is 0 Å². The smallest absolute Gasteiger partial charge is 0.231 e. The van der Waals surface area contributed by atoms with Crippen LogP contribution < -0.4 is 4.90 Å². The van der Waals surface area contributed by atoms with Gasteiger partial charge in [0.1, 0.15) is 5.82 Å². The minimum atomic E-state index is -0.318. The molecular weight excluding hydrogens is 237 g/mol. The first-order valence-electron chi connectivity index (χ1n) is 3.84. The summed E-state index contributed by atoms with van der Waals surface area (Å²) in [7, 11) is 1.69. The van der Waals surface area contributed by atoms with Gasteiger partial charge >= 0.3 is 0 Å². The van der Waals surface area contributed by atoms with Gasteiger partial charge < -0.3 is 4.90 Å². The fourth-order valence-electron chi connectivity index (χ4n) is 1.45. The molecule has 1 aliphatic heterocycles. The number of fused-ring (bicyclic) bond motifs is 1. The third-order valence-corrected chi connectivity index (χ3v) is 2.81. The van der Waals surface area contributed by atoms with E-state index in [1.807, 2.05) is 0 Å². The van der Waals surface area contributed by atoms with Gasteiger partial charge in [0.2, 0.25) is 5.91 Å². The highest BCUT2D eigenvalue weighted by molar-refractivity contribution is 9.10. The van der Waals surface area contributed by atoms with Gasteiger partial charge in [0.25, 0.3) is 0 Å². The van der Waals surface area contributed by atoms with Gasteiger partial charge in [0, 0.05) is 12.7 Å². The molecule has 0 aromatic heterocycles. The molecule has 0 fully saturated rings. The second-order valence-electron chi connectivity index (χ2n) is 3.02. The number of rotatable bonds is 0. The summed E-state index contributed by atoms with van der Waals surface area (Å²) in [5, 5.41) is 0. The lowest BCUT2D eigenvalue weighted by molar-refractivity contribution is -0.117. The van der Waals surface area contributed by atoms with Crippen LogP contribution in [0, 0.1) is 5.82 Å². The number of nitrogens with zero attached hydrogens (tertiary/aromatic N) is 1. The number of amides is 1. The monoisotopic (exact) mass is 243 g/mol. The first-order valence-corrected chi connectivity index (χ1v) is 4.63. The summed E-state index contributed by atoms with van der Waals surface area (Å²) in [5.41, 5.74) is 1.55. The third-order valence-electron chi connectivity index (χ3n) is 2.20. The summed E-state index contributed by atoms with van der Waals surface area (Å²) in [6, 6.07) is 3.04. The molecular formula is C9H7BrFNO. The van der Waals surface area contributed by atoms with Gasteiger partial charge in [-0.05, 0) is 33.6 Å². The Morgan fingerprint density at radius 2 is 2.23 bits per heavy atom. The van der Waals surface area contributed by atoms with Crippen LogP contribution in [0.25, 0.3) is 0 Å². The van der Waals surface area contributed by atoms with E-state index in [1.54, 1.807) is 18.0 Å². The van der Waals surface area contributed by atoms with Crippen LogP contribution in [0.3, 0.4) is 0 Å². The summed E-state index contributed by atoms with van der Waals surface area (Å²) in [6.07, 6.45) is 0.302. The molecule has 1 aromatic rings. The van der Waals surface area contributed by atoms with Gasteiger partial charge in [0.15, 0.2) is 0 Å². The maximum absolute atomic E-state index is 13.1. The molecule has 0 radical (unpaired) electrons. The van der Waals surface area contributed by atoms with Crippen LogP contribution in [0.15, 0.2) is 16.6 Å².